The Kier molecular flexibility index (Phi) is 3.22. The van der Waals surface area contributed by atoms with Gasteiger partial charge >= 0.3 is 0 Å². The third-order valence-electron chi connectivity index (χ3n) is 1.68. The average Bonchev–Trinajstić information content (AvgIpc) is 2.17. The number of hydrogen-bond donors (Lipinski definition) is 2. The van der Waals surface area contributed by atoms with E-state index in [4.69, 9.17) is 0 Å². The molecule has 77 valence electrons. The predicted octanol–water partition coefficient (Wildman–Crippen LogP) is -0.709. The minimum atomic E-state index is -3.23. The molecule has 0 N–H and O–H groups in total. The normalized spacial score (nSPS) is 12.2. The maximum absolute atomic E-state index is 10.8. The first-order valence-corrected chi connectivity index (χ1v) is 5.91. The van der Waals surface area contributed by atoms with Gasteiger partial charge in [0, 0.05) is 6.20 Å². The van der Waals surface area contributed by atoms with E-state index in [1.807, 2.05) is 0 Å². The van der Waals surface area contributed by atoms with Crippen LogP contribution in [0.4, 0.5) is 0 Å². The van der Waals surface area contributed by atoms with E-state index in [0.717, 1.165) is 0 Å². The first-order valence-electron chi connectivity index (χ1n) is 3.55. The van der Waals surface area contributed by atoms with E-state index in [1.165, 1.54) is 18.3 Å². The second-order valence-corrected chi connectivity index (χ2v) is 5.45. The van der Waals surface area contributed by atoms with E-state index in [0.29, 0.717) is 0 Å². The molecule has 5 nitrogen and oxygen atoms in total. The van der Waals surface area contributed by atoms with E-state index in [9.17, 15) is 16.8 Å². The standard InChI is InChI=1S/C7H8NO4S2/c1-7(13(9)10,14(11)12)6-4-2-3-5-8-6/h2-5,13-14H,1H2. The topological polar surface area (TPSA) is 81.2 Å². The summed E-state index contributed by atoms with van der Waals surface area (Å²) in [6.45, 7) is 3.18. The molecule has 0 amide bonds. The molecular weight excluding hydrogens is 226 g/mol. The fraction of sp³-hybridized carbons (Fsp3) is 0.143. The second-order valence-electron chi connectivity index (χ2n) is 2.55. The Morgan fingerprint density at radius 2 is 1.71 bits per heavy atom. The number of hydrogen-bond acceptors (Lipinski definition) is 5. The molecule has 0 aromatic carbocycles. The number of rotatable bonds is 3. The van der Waals surface area contributed by atoms with Crippen molar-refractivity contribution in [3.8, 4) is 0 Å². The van der Waals surface area contributed by atoms with E-state index < -0.39 is 25.5 Å². The molecule has 0 atom stereocenters. The number of nitrogens with zero attached hydrogens (tertiary/aromatic N) is 1. The first-order chi connectivity index (χ1) is 6.49. The Hall–Kier alpha value is -0.950. The molecule has 0 unspecified atom stereocenters. The van der Waals surface area contributed by atoms with Crippen molar-refractivity contribution in [3.63, 3.8) is 0 Å². The third-order valence-corrected chi connectivity index (χ3v) is 4.33. The molecule has 0 saturated carbocycles. The van der Waals surface area contributed by atoms with Crippen LogP contribution in [0.2, 0.25) is 0 Å². The van der Waals surface area contributed by atoms with Gasteiger partial charge in [0.05, 0.1) is 5.69 Å². The first kappa shape index (κ1) is 11.1. The lowest BCUT2D eigenvalue weighted by molar-refractivity contribution is 0.582. The Morgan fingerprint density at radius 1 is 1.14 bits per heavy atom. The summed E-state index contributed by atoms with van der Waals surface area (Å²) in [4.78, 5) is 3.66. The molecule has 7 heteroatoms. The summed E-state index contributed by atoms with van der Waals surface area (Å²) in [6, 6.07) is 4.36. The molecule has 0 aliphatic heterocycles. The van der Waals surface area contributed by atoms with Crippen molar-refractivity contribution in [3.05, 3.63) is 37.0 Å². The van der Waals surface area contributed by atoms with Crippen LogP contribution in [0.1, 0.15) is 5.69 Å². The van der Waals surface area contributed by atoms with Crippen molar-refractivity contribution in [1.29, 1.82) is 0 Å². The third kappa shape index (κ3) is 1.78. The molecule has 0 bridgehead atoms. The maximum Gasteiger partial charge on any atom is 0.209 e. The molecule has 14 heavy (non-hydrogen) atoms. The van der Waals surface area contributed by atoms with Gasteiger partial charge in [-0.1, -0.05) is 6.07 Å². The summed E-state index contributed by atoms with van der Waals surface area (Å²) < 4.78 is 41.1. The van der Waals surface area contributed by atoms with Crippen LogP contribution in [-0.2, 0) is 25.5 Å². The van der Waals surface area contributed by atoms with E-state index in [-0.39, 0.29) is 5.69 Å². The monoisotopic (exact) mass is 234 g/mol. The fourth-order valence-electron chi connectivity index (χ4n) is 0.853. The fourth-order valence-corrected chi connectivity index (χ4v) is 2.03. The van der Waals surface area contributed by atoms with E-state index >= 15 is 0 Å². The van der Waals surface area contributed by atoms with Crippen LogP contribution in [0, 0.1) is 6.92 Å². The van der Waals surface area contributed by atoms with Gasteiger partial charge in [0.1, 0.15) is 0 Å². The second kappa shape index (κ2) is 4.05. The van der Waals surface area contributed by atoms with Gasteiger partial charge in [0.15, 0.2) is 21.4 Å². The van der Waals surface area contributed by atoms with Crippen LogP contribution in [-0.4, -0.2) is 21.8 Å². The highest BCUT2D eigenvalue weighted by Gasteiger charge is 2.36. The zero-order chi connectivity index (χ0) is 10.8. The molecule has 1 aromatic rings. The lowest BCUT2D eigenvalue weighted by Crippen LogP contribution is -2.27. The highest BCUT2D eigenvalue weighted by Crippen LogP contribution is 2.22. The minimum absolute atomic E-state index is 0.0905. The van der Waals surface area contributed by atoms with Gasteiger partial charge in [-0.2, -0.15) is 0 Å². The molecule has 1 aromatic heterocycles. The molecule has 1 radical (unpaired) electrons. The van der Waals surface area contributed by atoms with E-state index in [2.05, 4.69) is 11.9 Å². The maximum atomic E-state index is 10.8. The summed E-state index contributed by atoms with van der Waals surface area (Å²) in [5, 5.41) is 0. The highest BCUT2D eigenvalue weighted by atomic mass is 32.2. The van der Waals surface area contributed by atoms with Gasteiger partial charge in [-0.15, -0.1) is 0 Å². The zero-order valence-electron chi connectivity index (χ0n) is 6.99. The van der Waals surface area contributed by atoms with Crippen molar-refractivity contribution in [2.24, 2.45) is 0 Å². The zero-order valence-corrected chi connectivity index (χ0v) is 8.78. The van der Waals surface area contributed by atoms with Crippen molar-refractivity contribution >= 4 is 21.4 Å². The Bertz CT molecular complexity index is 426. The van der Waals surface area contributed by atoms with Crippen LogP contribution in [0.3, 0.4) is 0 Å². The van der Waals surface area contributed by atoms with E-state index in [1.54, 1.807) is 6.07 Å². The van der Waals surface area contributed by atoms with Crippen molar-refractivity contribution in [2.45, 2.75) is 4.08 Å². The summed E-state index contributed by atoms with van der Waals surface area (Å²) in [5.74, 6) is 0. The molecule has 0 aliphatic carbocycles. The number of pyridine rings is 1. The van der Waals surface area contributed by atoms with Crippen molar-refractivity contribution in [1.82, 2.24) is 4.98 Å². The number of thiol groups is 2. The summed E-state index contributed by atoms with van der Waals surface area (Å²) in [5.41, 5.74) is -0.0905. The Labute approximate surface area is 84.7 Å². The smallest absolute Gasteiger partial charge is 0.209 e. The van der Waals surface area contributed by atoms with Gasteiger partial charge in [-0.3, -0.25) is 4.98 Å². The molecule has 0 saturated heterocycles. The largest absolute Gasteiger partial charge is 0.259 e. The lowest BCUT2D eigenvalue weighted by Gasteiger charge is -2.13. The molecule has 0 spiro atoms. The van der Waals surface area contributed by atoms with Crippen molar-refractivity contribution < 1.29 is 16.8 Å². The summed E-state index contributed by atoms with van der Waals surface area (Å²) in [6.07, 6.45) is 1.31. The van der Waals surface area contributed by atoms with Crippen molar-refractivity contribution in [2.75, 3.05) is 0 Å². The molecule has 0 aliphatic rings. The van der Waals surface area contributed by atoms with Crippen LogP contribution in [0.5, 0.6) is 0 Å². The van der Waals surface area contributed by atoms with Gasteiger partial charge in [-0.05, 0) is 19.1 Å². The summed E-state index contributed by atoms with van der Waals surface area (Å²) >= 11 is 0. The quantitative estimate of drug-likeness (QED) is 0.675. The van der Waals surface area contributed by atoms with Gasteiger partial charge in [0.25, 0.3) is 0 Å². The molecule has 1 heterocycles. The lowest BCUT2D eigenvalue weighted by atomic mass is 10.3. The van der Waals surface area contributed by atoms with Crippen LogP contribution in [0.25, 0.3) is 0 Å². The number of aromatic nitrogens is 1. The van der Waals surface area contributed by atoms with Gasteiger partial charge < -0.3 is 0 Å². The minimum Gasteiger partial charge on any atom is -0.259 e. The van der Waals surface area contributed by atoms with Crippen LogP contribution in [0.15, 0.2) is 24.4 Å². The SMILES string of the molecule is [CH2]C(c1ccccn1)([SH](=O)=O)[SH](=O)=O. The molecule has 0 fully saturated rings. The molecular formula is C7H8NO4S2. The Balaban J connectivity index is 3.42. The van der Waals surface area contributed by atoms with Gasteiger partial charge in [-0.25, -0.2) is 16.8 Å². The highest BCUT2D eigenvalue weighted by molar-refractivity contribution is 7.92. The Morgan fingerprint density at radius 3 is 2.07 bits per heavy atom. The molecule has 1 rings (SSSR count). The van der Waals surface area contributed by atoms with Crippen LogP contribution >= 0.6 is 0 Å². The van der Waals surface area contributed by atoms with Crippen LogP contribution < -0.4 is 0 Å². The van der Waals surface area contributed by atoms with Gasteiger partial charge in [0.2, 0.25) is 4.08 Å². The summed E-state index contributed by atoms with van der Waals surface area (Å²) in [7, 11) is -6.46. The predicted molar refractivity (Wildman–Crippen MR) is 51.9 cm³/mol. The average molecular weight is 234 g/mol.